The quantitative estimate of drug-likeness (QED) is 0.395. The van der Waals surface area contributed by atoms with Gasteiger partial charge in [0.05, 0.1) is 4.90 Å². The highest BCUT2D eigenvalue weighted by Gasteiger charge is 2.27. The minimum absolute atomic E-state index is 0.0490. The number of fused-ring (bicyclic) bond motifs is 2. The fourth-order valence-electron chi connectivity index (χ4n) is 3.78. The third-order valence-electron chi connectivity index (χ3n) is 5.33. The zero-order chi connectivity index (χ0) is 21.8. The standard InChI is InChI=1S/C24H27N3O3S/c1-3-4-15-25-16-17-30-21-13-8-12-20-23(21)27(2)26-24(20)31(28,29)22-14-7-10-18-9-5-6-11-19(18)22/h5-14,25H,3-4,15-17H2,1-2H3. The lowest BCUT2D eigenvalue weighted by Crippen LogP contribution is -2.22. The van der Waals surface area contributed by atoms with Crippen LogP contribution in [0.5, 0.6) is 5.75 Å². The third kappa shape index (κ3) is 4.16. The monoisotopic (exact) mass is 437 g/mol. The smallest absolute Gasteiger partial charge is 0.226 e. The van der Waals surface area contributed by atoms with Gasteiger partial charge >= 0.3 is 0 Å². The van der Waals surface area contributed by atoms with E-state index >= 15 is 0 Å². The number of para-hydroxylation sites is 1. The Balaban J connectivity index is 1.70. The molecule has 0 spiro atoms. The van der Waals surface area contributed by atoms with Gasteiger partial charge in [-0.25, -0.2) is 8.42 Å². The van der Waals surface area contributed by atoms with Crippen LogP contribution in [0.1, 0.15) is 19.8 Å². The Bertz CT molecular complexity index is 1310. The first-order chi connectivity index (χ1) is 15.0. The fourth-order valence-corrected chi connectivity index (χ4v) is 5.40. The normalized spacial score (nSPS) is 11.9. The SMILES string of the molecule is CCCCNCCOc1cccc2c(S(=O)(=O)c3cccc4ccccc34)nn(C)c12. The number of rotatable bonds is 9. The number of aromatic nitrogens is 2. The van der Waals surface area contributed by atoms with Gasteiger partial charge in [-0.3, -0.25) is 4.68 Å². The fraction of sp³-hybridized carbons (Fsp3) is 0.292. The molecule has 0 saturated carbocycles. The zero-order valence-corrected chi connectivity index (χ0v) is 18.7. The van der Waals surface area contributed by atoms with Gasteiger partial charge in [-0.2, -0.15) is 5.10 Å². The molecule has 0 aliphatic heterocycles. The van der Waals surface area contributed by atoms with Crippen molar-refractivity contribution in [1.82, 2.24) is 15.1 Å². The molecule has 0 radical (unpaired) electrons. The van der Waals surface area contributed by atoms with Gasteiger partial charge in [0.15, 0.2) is 5.03 Å². The molecule has 0 atom stereocenters. The second kappa shape index (κ2) is 9.08. The van der Waals surface area contributed by atoms with Crippen molar-refractivity contribution in [2.45, 2.75) is 29.7 Å². The molecule has 0 saturated heterocycles. The summed E-state index contributed by atoms with van der Waals surface area (Å²) in [6.07, 6.45) is 2.28. The van der Waals surface area contributed by atoms with Crippen LogP contribution in [0.3, 0.4) is 0 Å². The van der Waals surface area contributed by atoms with Crippen molar-refractivity contribution in [3.05, 3.63) is 60.7 Å². The number of aryl methyl sites for hydroxylation is 1. The van der Waals surface area contributed by atoms with E-state index in [1.165, 1.54) is 0 Å². The number of nitrogens with zero attached hydrogens (tertiary/aromatic N) is 2. The molecular weight excluding hydrogens is 410 g/mol. The molecule has 1 aromatic heterocycles. The molecule has 7 heteroatoms. The van der Waals surface area contributed by atoms with E-state index in [9.17, 15) is 8.42 Å². The molecule has 0 aliphatic rings. The van der Waals surface area contributed by atoms with Crippen molar-refractivity contribution in [2.75, 3.05) is 19.7 Å². The molecule has 3 aromatic carbocycles. The number of benzene rings is 3. The maximum atomic E-state index is 13.6. The lowest BCUT2D eigenvalue weighted by atomic mass is 10.1. The highest BCUT2D eigenvalue weighted by atomic mass is 32.2. The Hall–Kier alpha value is -2.90. The minimum Gasteiger partial charge on any atom is -0.490 e. The molecule has 0 fully saturated rings. The Morgan fingerprint density at radius 2 is 1.71 bits per heavy atom. The predicted octanol–water partition coefficient (Wildman–Crippen LogP) is 4.33. The maximum Gasteiger partial charge on any atom is 0.226 e. The van der Waals surface area contributed by atoms with Crippen molar-refractivity contribution >= 4 is 31.5 Å². The summed E-state index contributed by atoms with van der Waals surface area (Å²) in [5, 5.41) is 9.93. The van der Waals surface area contributed by atoms with Gasteiger partial charge in [0, 0.05) is 24.4 Å². The van der Waals surface area contributed by atoms with E-state index in [2.05, 4.69) is 17.3 Å². The Morgan fingerprint density at radius 1 is 0.968 bits per heavy atom. The first-order valence-corrected chi connectivity index (χ1v) is 12.0. The highest BCUT2D eigenvalue weighted by molar-refractivity contribution is 7.91. The molecule has 0 amide bonds. The van der Waals surface area contributed by atoms with Crippen LogP contribution >= 0.6 is 0 Å². The van der Waals surface area contributed by atoms with Gasteiger partial charge in [0.25, 0.3) is 0 Å². The number of sulfone groups is 1. The van der Waals surface area contributed by atoms with Crippen LogP contribution < -0.4 is 10.1 Å². The minimum atomic E-state index is -3.82. The zero-order valence-electron chi connectivity index (χ0n) is 17.8. The van der Waals surface area contributed by atoms with Gasteiger partial charge in [-0.05, 0) is 36.6 Å². The summed E-state index contributed by atoms with van der Waals surface area (Å²) >= 11 is 0. The molecule has 4 aromatic rings. The van der Waals surface area contributed by atoms with Gasteiger partial charge in [0.1, 0.15) is 17.9 Å². The molecule has 0 bridgehead atoms. The lowest BCUT2D eigenvalue weighted by Gasteiger charge is -2.09. The molecule has 162 valence electrons. The van der Waals surface area contributed by atoms with E-state index in [4.69, 9.17) is 4.74 Å². The highest BCUT2D eigenvalue weighted by Crippen LogP contribution is 2.34. The van der Waals surface area contributed by atoms with E-state index in [-0.39, 0.29) is 9.92 Å². The Morgan fingerprint density at radius 3 is 2.55 bits per heavy atom. The second-order valence-electron chi connectivity index (χ2n) is 7.51. The van der Waals surface area contributed by atoms with Crippen LogP contribution in [0.4, 0.5) is 0 Å². The Labute approximate surface area is 182 Å². The number of unbranched alkanes of at least 4 members (excludes halogenated alkanes) is 1. The van der Waals surface area contributed by atoms with Crippen LogP contribution in [-0.4, -0.2) is 37.9 Å². The average molecular weight is 438 g/mol. The van der Waals surface area contributed by atoms with Gasteiger partial charge in [-0.1, -0.05) is 55.8 Å². The first kappa shape index (κ1) is 21.3. The first-order valence-electron chi connectivity index (χ1n) is 10.6. The predicted molar refractivity (Wildman–Crippen MR) is 123 cm³/mol. The molecule has 1 heterocycles. The third-order valence-corrected chi connectivity index (χ3v) is 7.08. The van der Waals surface area contributed by atoms with Crippen LogP contribution in [0, 0.1) is 0 Å². The molecule has 31 heavy (non-hydrogen) atoms. The summed E-state index contributed by atoms with van der Waals surface area (Å²) < 4.78 is 34.8. The maximum absolute atomic E-state index is 13.6. The van der Waals surface area contributed by atoms with Crippen molar-refractivity contribution < 1.29 is 13.2 Å². The molecule has 4 rings (SSSR count). The van der Waals surface area contributed by atoms with E-state index < -0.39 is 9.84 Å². The number of hydrogen-bond acceptors (Lipinski definition) is 5. The second-order valence-corrected chi connectivity index (χ2v) is 9.35. The summed E-state index contributed by atoms with van der Waals surface area (Å²) in [5.74, 6) is 0.629. The summed E-state index contributed by atoms with van der Waals surface area (Å²) in [7, 11) is -2.08. The molecular formula is C24H27N3O3S. The van der Waals surface area contributed by atoms with Crippen LogP contribution in [0.2, 0.25) is 0 Å². The molecule has 6 nitrogen and oxygen atoms in total. The Kier molecular flexibility index (Phi) is 6.25. The largest absolute Gasteiger partial charge is 0.490 e. The van der Waals surface area contributed by atoms with E-state index in [0.717, 1.165) is 31.3 Å². The van der Waals surface area contributed by atoms with Gasteiger partial charge in [-0.15, -0.1) is 0 Å². The average Bonchev–Trinajstić information content (AvgIpc) is 3.14. The van der Waals surface area contributed by atoms with Crippen molar-refractivity contribution in [3.8, 4) is 5.75 Å². The number of nitrogens with one attached hydrogen (secondary N) is 1. The topological polar surface area (TPSA) is 73.2 Å². The van der Waals surface area contributed by atoms with Gasteiger partial charge < -0.3 is 10.1 Å². The molecule has 1 N–H and O–H groups in total. The van der Waals surface area contributed by atoms with Crippen LogP contribution in [0.15, 0.2) is 70.6 Å². The van der Waals surface area contributed by atoms with Crippen molar-refractivity contribution in [3.63, 3.8) is 0 Å². The number of ether oxygens (including phenoxy) is 1. The van der Waals surface area contributed by atoms with E-state index in [0.29, 0.717) is 28.6 Å². The van der Waals surface area contributed by atoms with E-state index in [1.807, 2.05) is 42.5 Å². The molecule has 0 aliphatic carbocycles. The van der Waals surface area contributed by atoms with Crippen molar-refractivity contribution in [1.29, 1.82) is 0 Å². The summed E-state index contributed by atoms with van der Waals surface area (Å²) in [4.78, 5) is 0.261. The number of hydrogen-bond donors (Lipinski definition) is 1. The van der Waals surface area contributed by atoms with Crippen LogP contribution in [0.25, 0.3) is 21.7 Å². The summed E-state index contributed by atoms with van der Waals surface area (Å²) in [6.45, 7) is 4.35. The molecule has 0 unspecified atom stereocenters. The summed E-state index contributed by atoms with van der Waals surface area (Å²) in [6, 6.07) is 18.2. The van der Waals surface area contributed by atoms with Crippen molar-refractivity contribution in [2.24, 2.45) is 7.05 Å². The van der Waals surface area contributed by atoms with E-state index in [1.54, 1.807) is 29.9 Å². The van der Waals surface area contributed by atoms with Crippen LogP contribution in [-0.2, 0) is 16.9 Å². The lowest BCUT2D eigenvalue weighted by molar-refractivity contribution is 0.316. The van der Waals surface area contributed by atoms with Gasteiger partial charge in [0.2, 0.25) is 9.84 Å². The summed E-state index contributed by atoms with van der Waals surface area (Å²) in [5.41, 5.74) is 0.676.